The molecule has 0 bridgehead atoms. The summed E-state index contributed by atoms with van der Waals surface area (Å²) in [6.07, 6.45) is 7.21. The first-order chi connectivity index (χ1) is 16.0. The summed E-state index contributed by atoms with van der Waals surface area (Å²) in [6.45, 7) is 4.74. The van der Waals surface area contributed by atoms with Crippen molar-refractivity contribution in [2.45, 2.75) is 52.4 Å². The summed E-state index contributed by atoms with van der Waals surface area (Å²) in [6, 6.07) is 5.02. The van der Waals surface area contributed by atoms with Crippen molar-refractivity contribution in [3.8, 4) is 0 Å². The van der Waals surface area contributed by atoms with Crippen molar-refractivity contribution in [1.29, 1.82) is 0 Å². The fourth-order valence-electron chi connectivity index (χ4n) is 4.00. The maximum atomic E-state index is 12.5. The van der Waals surface area contributed by atoms with E-state index in [1.165, 1.54) is 12.6 Å². The molecule has 1 aromatic carbocycles. The van der Waals surface area contributed by atoms with Crippen molar-refractivity contribution in [1.82, 2.24) is 4.98 Å². The highest BCUT2D eigenvalue weighted by molar-refractivity contribution is 6.06. The minimum atomic E-state index is -0.500. The van der Waals surface area contributed by atoms with Crippen LogP contribution in [0.15, 0.2) is 24.4 Å². The number of pyridine rings is 1. The number of nitrogens with zero attached hydrogens (tertiary/aromatic N) is 1. The number of benzene rings is 1. The van der Waals surface area contributed by atoms with E-state index < -0.39 is 11.9 Å². The summed E-state index contributed by atoms with van der Waals surface area (Å²) in [4.78, 5) is 41.3. The molecule has 1 fully saturated rings. The summed E-state index contributed by atoms with van der Waals surface area (Å²) < 4.78 is 15.7. The molecule has 1 saturated carbocycles. The molecule has 0 unspecified atom stereocenters. The van der Waals surface area contributed by atoms with Gasteiger partial charge in [-0.2, -0.15) is 0 Å². The van der Waals surface area contributed by atoms with Gasteiger partial charge in [0.05, 0.1) is 42.5 Å². The number of aromatic nitrogens is 1. The number of rotatable bonds is 10. The first kappa shape index (κ1) is 24.5. The van der Waals surface area contributed by atoms with Gasteiger partial charge in [-0.05, 0) is 51.3 Å². The van der Waals surface area contributed by atoms with E-state index >= 15 is 0 Å². The number of carbonyl (C=O) groups excluding carboxylic acids is 3. The average molecular weight is 457 g/mol. The molecule has 0 atom stereocenters. The Hall–Kier alpha value is -3.16. The highest BCUT2D eigenvalue weighted by Crippen LogP contribution is 2.28. The van der Waals surface area contributed by atoms with E-state index in [0.717, 1.165) is 25.7 Å². The molecule has 178 valence electrons. The zero-order valence-electron chi connectivity index (χ0n) is 19.4. The standard InChI is InChI=1S/C25H32N2O6/c1-3-31-24(29)18-11-12-21-19(15-18)22(20(16-27-21)25(30)32-4-2)26-13-8-14-33-23(28)17-9-6-5-7-10-17/h11-12,15-17H,3-10,13-14H2,1-2H3,(H,26,27). The van der Waals surface area contributed by atoms with Gasteiger partial charge in [0.1, 0.15) is 5.56 Å². The molecule has 33 heavy (non-hydrogen) atoms. The molecule has 0 saturated heterocycles. The fraction of sp³-hybridized carbons (Fsp3) is 0.520. The lowest BCUT2D eigenvalue weighted by Gasteiger charge is -2.20. The Labute approximate surface area is 194 Å². The number of esters is 3. The summed E-state index contributed by atoms with van der Waals surface area (Å²) in [5.74, 6) is -1.04. The molecule has 1 aromatic heterocycles. The summed E-state index contributed by atoms with van der Waals surface area (Å²) in [5, 5.41) is 3.88. The highest BCUT2D eigenvalue weighted by atomic mass is 16.5. The average Bonchev–Trinajstić information content (AvgIpc) is 2.84. The Balaban J connectivity index is 1.72. The second kappa shape index (κ2) is 12.2. The van der Waals surface area contributed by atoms with Crippen molar-refractivity contribution in [2.24, 2.45) is 5.92 Å². The van der Waals surface area contributed by atoms with Crippen LogP contribution < -0.4 is 5.32 Å². The molecule has 2 aromatic rings. The first-order valence-corrected chi connectivity index (χ1v) is 11.7. The van der Waals surface area contributed by atoms with Gasteiger partial charge >= 0.3 is 17.9 Å². The van der Waals surface area contributed by atoms with Gasteiger partial charge in [-0.25, -0.2) is 9.59 Å². The van der Waals surface area contributed by atoms with E-state index in [4.69, 9.17) is 14.2 Å². The van der Waals surface area contributed by atoms with Crippen LogP contribution in [0.2, 0.25) is 0 Å². The van der Waals surface area contributed by atoms with Gasteiger partial charge in [0, 0.05) is 18.1 Å². The molecule has 0 amide bonds. The van der Waals surface area contributed by atoms with E-state index in [-0.39, 0.29) is 30.7 Å². The van der Waals surface area contributed by atoms with Gasteiger partial charge in [-0.1, -0.05) is 19.3 Å². The summed E-state index contributed by atoms with van der Waals surface area (Å²) >= 11 is 0. The lowest BCUT2D eigenvalue weighted by molar-refractivity contribution is -0.149. The maximum Gasteiger partial charge on any atom is 0.341 e. The number of ether oxygens (including phenoxy) is 3. The number of hydrogen-bond acceptors (Lipinski definition) is 8. The van der Waals surface area contributed by atoms with E-state index in [1.807, 2.05) is 0 Å². The first-order valence-electron chi connectivity index (χ1n) is 11.7. The Bertz CT molecular complexity index is 979. The van der Waals surface area contributed by atoms with Gasteiger partial charge in [-0.15, -0.1) is 0 Å². The van der Waals surface area contributed by atoms with Gasteiger partial charge in [0.25, 0.3) is 0 Å². The van der Waals surface area contributed by atoms with Crippen LogP contribution in [0.4, 0.5) is 5.69 Å². The van der Waals surface area contributed by atoms with Gasteiger partial charge in [0.15, 0.2) is 0 Å². The topological polar surface area (TPSA) is 104 Å². The van der Waals surface area contributed by atoms with Crippen molar-refractivity contribution >= 4 is 34.5 Å². The molecule has 8 heteroatoms. The summed E-state index contributed by atoms with van der Waals surface area (Å²) in [7, 11) is 0. The van der Waals surface area contributed by atoms with Crippen LogP contribution >= 0.6 is 0 Å². The smallest absolute Gasteiger partial charge is 0.341 e. The van der Waals surface area contributed by atoms with Crippen molar-refractivity contribution in [3.63, 3.8) is 0 Å². The highest BCUT2D eigenvalue weighted by Gasteiger charge is 2.22. The Morgan fingerprint density at radius 3 is 2.45 bits per heavy atom. The minimum Gasteiger partial charge on any atom is -0.465 e. The molecular weight excluding hydrogens is 424 g/mol. The second-order valence-corrected chi connectivity index (χ2v) is 8.00. The quantitative estimate of drug-likeness (QED) is 0.316. The monoisotopic (exact) mass is 456 g/mol. The molecule has 0 radical (unpaired) electrons. The van der Waals surface area contributed by atoms with Crippen molar-refractivity contribution in [3.05, 3.63) is 35.5 Å². The van der Waals surface area contributed by atoms with Crippen LogP contribution in [0.1, 0.15) is 73.1 Å². The van der Waals surface area contributed by atoms with E-state index in [9.17, 15) is 14.4 Å². The Morgan fingerprint density at radius 1 is 1.00 bits per heavy atom. The van der Waals surface area contributed by atoms with Gasteiger partial charge in [0.2, 0.25) is 0 Å². The van der Waals surface area contributed by atoms with Crippen molar-refractivity contribution < 1.29 is 28.6 Å². The zero-order valence-corrected chi connectivity index (χ0v) is 19.4. The largest absolute Gasteiger partial charge is 0.465 e. The van der Waals surface area contributed by atoms with Gasteiger partial charge < -0.3 is 19.5 Å². The Morgan fingerprint density at radius 2 is 1.73 bits per heavy atom. The number of fused-ring (bicyclic) bond motifs is 1. The van der Waals surface area contributed by atoms with Crippen molar-refractivity contribution in [2.75, 3.05) is 31.7 Å². The van der Waals surface area contributed by atoms with Crippen LogP contribution in [-0.4, -0.2) is 49.3 Å². The molecular formula is C25H32N2O6. The van der Waals surface area contributed by atoms with Crippen LogP contribution in [0.25, 0.3) is 10.9 Å². The number of anilines is 1. The molecule has 0 aliphatic heterocycles. The number of nitrogens with one attached hydrogen (secondary N) is 1. The minimum absolute atomic E-state index is 0.0209. The molecule has 1 aliphatic carbocycles. The third-order valence-corrected chi connectivity index (χ3v) is 5.68. The molecule has 1 aliphatic rings. The normalized spacial score (nSPS) is 14.0. The van der Waals surface area contributed by atoms with Crippen LogP contribution in [0.3, 0.4) is 0 Å². The number of hydrogen-bond donors (Lipinski definition) is 1. The molecule has 8 nitrogen and oxygen atoms in total. The van der Waals surface area contributed by atoms with E-state index in [1.54, 1.807) is 32.0 Å². The lowest BCUT2D eigenvalue weighted by Crippen LogP contribution is -2.21. The number of carbonyl (C=O) groups is 3. The maximum absolute atomic E-state index is 12.5. The van der Waals surface area contributed by atoms with E-state index in [0.29, 0.717) is 41.7 Å². The van der Waals surface area contributed by atoms with Crippen LogP contribution in [0.5, 0.6) is 0 Å². The van der Waals surface area contributed by atoms with E-state index in [2.05, 4.69) is 10.3 Å². The molecule has 1 heterocycles. The zero-order chi connectivity index (χ0) is 23.6. The predicted molar refractivity (Wildman–Crippen MR) is 124 cm³/mol. The summed E-state index contributed by atoms with van der Waals surface area (Å²) in [5.41, 5.74) is 1.81. The lowest BCUT2D eigenvalue weighted by atomic mass is 9.89. The second-order valence-electron chi connectivity index (χ2n) is 8.00. The third kappa shape index (κ3) is 6.43. The molecule has 0 spiro atoms. The fourth-order valence-corrected chi connectivity index (χ4v) is 4.00. The molecule has 3 rings (SSSR count). The molecule has 1 N–H and O–H groups in total. The predicted octanol–water partition coefficient (Wildman–Crippen LogP) is 4.51. The third-order valence-electron chi connectivity index (χ3n) is 5.68. The van der Waals surface area contributed by atoms with Gasteiger partial charge in [-0.3, -0.25) is 9.78 Å². The van der Waals surface area contributed by atoms with Crippen LogP contribution in [0, 0.1) is 5.92 Å². The SMILES string of the molecule is CCOC(=O)c1ccc2ncc(C(=O)OCC)c(NCCCOC(=O)C3CCCCC3)c2c1. The van der Waals surface area contributed by atoms with Crippen LogP contribution in [-0.2, 0) is 19.0 Å². The Kier molecular flexibility index (Phi) is 9.04.